The zero-order valence-electron chi connectivity index (χ0n) is 38.9. The lowest BCUT2D eigenvalue weighted by molar-refractivity contribution is -0.110. The van der Waals surface area contributed by atoms with E-state index in [-0.39, 0.29) is 63.4 Å². The van der Waals surface area contributed by atoms with Gasteiger partial charge in [0.15, 0.2) is 36.3 Å². The van der Waals surface area contributed by atoms with Gasteiger partial charge in [-0.25, -0.2) is 16.8 Å². The molecule has 3 N–H and O–H groups in total. The van der Waals surface area contributed by atoms with Crippen molar-refractivity contribution in [3.05, 3.63) is 73.3 Å². The molecule has 2 heterocycles. The number of ether oxygens (including phenoxy) is 2. The van der Waals surface area contributed by atoms with Crippen molar-refractivity contribution in [1.82, 2.24) is 0 Å². The predicted octanol–water partition coefficient (Wildman–Crippen LogP) is 7.40. The molecule has 62 heavy (non-hydrogen) atoms. The lowest BCUT2D eigenvalue weighted by Crippen LogP contribution is -2.48. The van der Waals surface area contributed by atoms with E-state index in [1.54, 1.807) is 54.6 Å². The van der Waals surface area contributed by atoms with Gasteiger partial charge in [0.25, 0.3) is 0 Å². The molecule has 2 fully saturated rings. The molecule has 12 nitrogen and oxygen atoms in total. The van der Waals surface area contributed by atoms with Crippen LogP contribution >= 0.6 is 0 Å². The van der Waals surface area contributed by atoms with Gasteiger partial charge in [-0.15, -0.1) is 6.58 Å². The van der Waals surface area contributed by atoms with Gasteiger partial charge in [0, 0.05) is 31.1 Å². The molecule has 0 bridgehead atoms. The summed E-state index contributed by atoms with van der Waals surface area (Å²) in [6.07, 6.45) is -0.369. The van der Waals surface area contributed by atoms with Crippen LogP contribution in [-0.2, 0) is 42.8 Å². The highest BCUT2D eigenvalue weighted by Crippen LogP contribution is 2.43. The Morgan fingerprint density at radius 3 is 1.66 bits per heavy atom. The average molecular weight is 941 g/mol. The van der Waals surface area contributed by atoms with Gasteiger partial charge in [-0.1, -0.05) is 90.9 Å². The summed E-state index contributed by atoms with van der Waals surface area (Å²) >= 11 is 0. The first-order chi connectivity index (χ1) is 28.6. The Bertz CT molecular complexity index is 1920. The van der Waals surface area contributed by atoms with Crippen molar-refractivity contribution in [2.24, 2.45) is 17.8 Å². The van der Waals surface area contributed by atoms with E-state index >= 15 is 0 Å². The van der Waals surface area contributed by atoms with Crippen molar-refractivity contribution in [3.63, 3.8) is 0 Å². The van der Waals surface area contributed by atoms with E-state index in [4.69, 9.17) is 23.4 Å². The minimum absolute atomic E-state index is 0.0384. The second-order valence-corrected chi connectivity index (χ2v) is 33.7. The molecule has 4 rings (SSSR count). The number of aldehydes is 1. The Morgan fingerprint density at radius 2 is 1.21 bits per heavy atom. The van der Waals surface area contributed by atoms with Gasteiger partial charge in [0.1, 0.15) is 6.29 Å². The van der Waals surface area contributed by atoms with Crippen LogP contribution in [0.15, 0.2) is 83.1 Å². The maximum atomic E-state index is 13.2. The molecule has 2 aliphatic heterocycles. The molecule has 1 unspecified atom stereocenters. The van der Waals surface area contributed by atoms with Crippen molar-refractivity contribution < 1.29 is 55.3 Å². The highest BCUT2D eigenvalue weighted by molar-refractivity contribution is 7.91. The Balaban J connectivity index is 0.000000365. The van der Waals surface area contributed by atoms with Crippen LogP contribution in [0, 0.1) is 17.8 Å². The number of aliphatic hydroxyl groups excluding tert-OH is 3. The maximum Gasteiger partial charge on any atom is 0.192 e. The van der Waals surface area contributed by atoms with Crippen LogP contribution in [0.4, 0.5) is 0 Å². The number of sulfone groups is 2. The van der Waals surface area contributed by atoms with Crippen molar-refractivity contribution in [2.75, 3.05) is 24.7 Å². The van der Waals surface area contributed by atoms with Gasteiger partial charge in [-0.2, -0.15) is 0 Å². The predicted molar refractivity (Wildman–Crippen MR) is 250 cm³/mol. The van der Waals surface area contributed by atoms with Crippen molar-refractivity contribution >= 4 is 42.6 Å². The third-order valence-corrected chi connectivity index (χ3v) is 26.1. The summed E-state index contributed by atoms with van der Waals surface area (Å²) in [6, 6.07) is 16.6. The molecule has 2 aromatic rings. The molecule has 0 spiro atoms. The fourth-order valence-corrected chi connectivity index (χ4v) is 13.3. The number of carbonyl (C=O) groups is 1. The molecular formula is C46H76O12S2Si2. The van der Waals surface area contributed by atoms with E-state index in [2.05, 4.69) is 81.2 Å². The third-order valence-electron chi connectivity index (χ3n) is 13.4. The summed E-state index contributed by atoms with van der Waals surface area (Å²) in [4.78, 5) is 12.0. The van der Waals surface area contributed by atoms with E-state index < -0.39 is 79.4 Å². The number of hydrogen-bond acceptors (Lipinski definition) is 12. The fourth-order valence-electron chi connectivity index (χ4n) is 7.43. The molecule has 0 radical (unpaired) electrons. The molecule has 0 aromatic heterocycles. The normalized spacial score (nSPS) is 26.0. The van der Waals surface area contributed by atoms with E-state index in [1.807, 2.05) is 0 Å². The topological polar surface area (TPSA) is 183 Å². The molecule has 16 heteroatoms. The van der Waals surface area contributed by atoms with Crippen molar-refractivity contribution in [3.8, 4) is 0 Å². The van der Waals surface area contributed by atoms with E-state index in [1.165, 1.54) is 12.1 Å². The molecule has 0 aliphatic carbocycles. The lowest BCUT2D eigenvalue weighted by Gasteiger charge is -2.42. The van der Waals surface area contributed by atoms with Crippen LogP contribution in [0.2, 0.25) is 36.3 Å². The van der Waals surface area contributed by atoms with Crippen LogP contribution in [0.3, 0.4) is 0 Å². The molecule has 352 valence electrons. The molecule has 0 saturated carbocycles. The molecular weight excluding hydrogens is 865 g/mol. The molecule has 0 amide bonds. The van der Waals surface area contributed by atoms with Crippen molar-refractivity contribution in [1.29, 1.82) is 0 Å². The van der Waals surface area contributed by atoms with Crippen LogP contribution in [-0.4, -0.2) is 123 Å². The van der Waals surface area contributed by atoms with Crippen LogP contribution in [0.1, 0.15) is 74.1 Å². The number of aliphatic hydroxyl groups is 3. The third kappa shape index (κ3) is 14.7. The maximum absolute atomic E-state index is 13.2. The van der Waals surface area contributed by atoms with Gasteiger partial charge in [0.05, 0.1) is 77.2 Å². The quantitative estimate of drug-likeness (QED) is 0.0681. The minimum atomic E-state index is -3.57. The zero-order valence-corrected chi connectivity index (χ0v) is 42.5. The van der Waals surface area contributed by atoms with Gasteiger partial charge < -0.3 is 38.4 Å². The fraction of sp³-hybridized carbons (Fsp3) is 0.674. The Kier molecular flexibility index (Phi) is 19.6. The summed E-state index contributed by atoms with van der Waals surface area (Å²) in [7, 11) is -11.2. The Hall–Kier alpha value is -2.10. The second-order valence-electron chi connectivity index (χ2n) is 20.1. The van der Waals surface area contributed by atoms with E-state index in [0.717, 1.165) is 6.29 Å². The first-order valence-electron chi connectivity index (χ1n) is 21.8. The second kappa shape index (κ2) is 22.4. The number of rotatable bonds is 20. The van der Waals surface area contributed by atoms with Gasteiger partial charge in [-0.05, 0) is 72.9 Å². The van der Waals surface area contributed by atoms with Gasteiger partial charge in [0.2, 0.25) is 0 Å². The first-order valence-corrected chi connectivity index (χ1v) is 30.9. The van der Waals surface area contributed by atoms with E-state index in [0.29, 0.717) is 24.3 Å². The summed E-state index contributed by atoms with van der Waals surface area (Å²) in [6.45, 7) is 28.1. The molecule has 2 aliphatic rings. The molecule has 2 aromatic carbocycles. The number of benzene rings is 2. The van der Waals surface area contributed by atoms with Crippen molar-refractivity contribution in [2.45, 2.75) is 163 Å². The van der Waals surface area contributed by atoms with Gasteiger partial charge >= 0.3 is 0 Å². The Morgan fingerprint density at radius 1 is 0.742 bits per heavy atom. The van der Waals surface area contributed by atoms with Crippen LogP contribution in [0.5, 0.6) is 0 Å². The highest BCUT2D eigenvalue weighted by Gasteiger charge is 2.48. The SMILES string of the molecule is C=CC[C@@H]1O[C@H](C[C@H](O)CO)[C@H](O)[C@H]1CS(=O)(=O)c1ccccc1.C[C@@H]1[C@@H](CS(=O)(=O)c2ccccc2)[C@H](CC=O)O[C@@H]1CC(CO[Si](C)(C)C(C)(C)C)O[Si](C)(C)C(C)(C)C. The summed E-state index contributed by atoms with van der Waals surface area (Å²) in [5.74, 6) is -1.23. The zero-order chi connectivity index (χ0) is 46.9. The summed E-state index contributed by atoms with van der Waals surface area (Å²) in [5, 5.41) is 29.1. The standard InChI is InChI=1S/C29H52O6SSi2.C17H24O6S/c1-22-25(21-36(31,32)24-15-13-12-14-16-24)26(17-18-30)34-27(22)19-23(35-38(10,11)29(5,6)7)20-33-37(8,9)28(2,3)4;1-2-6-15-14(17(20)16(23-15)9-12(19)10-18)11-24(21,22)13-7-4-3-5-8-13/h12-16,18,22-23,25-27H,17,19-21H2,1-11H3;2-5,7-8,12,14-20H,1,6,9-11H2/t22-,23?,25-,26+,27-;12-,14-,15-,16+,17+/m10/s1. The largest absolute Gasteiger partial charge is 0.414 e. The number of carbonyl (C=O) groups excluding carboxylic acids is 1. The smallest absolute Gasteiger partial charge is 0.192 e. The number of hydrogen-bond donors (Lipinski definition) is 3. The van der Waals surface area contributed by atoms with E-state index in [9.17, 15) is 31.8 Å². The average Bonchev–Trinajstić information content (AvgIpc) is 3.62. The first kappa shape index (κ1) is 54.2. The van der Waals surface area contributed by atoms with Crippen LogP contribution in [0.25, 0.3) is 0 Å². The molecule has 10 atom stereocenters. The Labute approximate surface area is 374 Å². The monoisotopic (exact) mass is 940 g/mol. The molecule has 2 saturated heterocycles. The summed E-state index contributed by atoms with van der Waals surface area (Å²) in [5.41, 5.74) is 0. The van der Waals surface area contributed by atoms with Crippen LogP contribution < -0.4 is 0 Å². The van der Waals surface area contributed by atoms with Gasteiger partial charge in [-0.3, -0.25) is 0 Å². The summed E-state index contributed by atoms with van der Waals surface area (Å²) < 4.78 is 77.3. The lowest BCUT2D eigenvalue weighted by atomic mass is 9.87. The minimum Gasteiger partial charge on any atom is -0.414 e. The highest BCUT2D eigenvalue weighted by atomic mass is 32.2.